The maximum Gasteiger partial charge on any atom is 0.298 e. The molecule has 0 aromatic carbocycles. The number of hydrogen-bond acceptors (Lipinski definition) is 3. The van der Waals surface area contributed by atoms with Crippen LogP contribution in [0.2, 0.25) is 0 Å². The van der Waals surface area contributed by atoms with E-state index < -0.39 is 0 Å². The van der Waals surface area contributed by atoms with Gasteiger partial charge in [-0.2, -0.15) is 4.98 Å². The molecule has 1 aromatic rings. The highest BCUT2D eigenvalue weighted by molar-refractivity contribution is 5.59. The monoisotopic (exact) mass is 206 g/mol. The summed E-state index contributed by atoms with van der Waals surface area (Å²) in [4.78, 5) is 6.39. The van der Waals surface area contributed by atoms with Crippen molar-refractivity contribution in [3.05, 3.63) is 24.1 Å². The molecule has 0 aliphatic rings. The van der Waals surface area contributed by atoms with Crippen molar-refractivity contribution in [3.8, 4) is 0 Å². The van der Waals surface area contributed by atoms with Crippen LogP contribution in [0, 0.1) is 0 Å². The first-order valence-electron chi connectivity index (χ1n) is 5.20. The fourth-order valence-corrected chi connectivity index (χ4v) is 1.35. The Morgan fingerprint density at radius 2 is 2.27 bits per heavy atom. The highest BCUT2D eigenvalue weighted by atomic mass is 16.4. The molecular formula is C12H18N2O. The summed E-state index contributed by atoms with van der Waals surface area (Å²) in [6.07, 6.45) is 6.62. The van der Waals surface area contributed by atoms with Crippen LogP contribution >= 0.6 is 0 Å². The van der Waals surface area contributed by atoms with Gasteiger partial charge < -0.3 is 9.32 Å². The molecule has 0 atom stereocenters. The molecule has 0 aliphatic heterocycles. The zero-order valence-corrected chi connectivity index (χ0v) is 9.66. The number of aromatic nitrogens is 1. The zero-order chi connectivity index (χ0) is 11.3. The molecule has 0 fully saturated rings. The molecule has 0 unspecified atom stereocenters. The molecule has 3 nitrogen and oxygen atoms in total. The molecule has 1 rings (SSSR count). The van der Waals surface area contributed by atoms with Crippen molar-refractivity contribution < 1.29 is 4.42 Å². The van der Waals surface area contributed by atoms with E-state index in [1.165, 1.54) is 0 Å². The summed E-state index contributed by atoms with van der Waals surface area (Å²) in [5.41, 5.74) is 0.838. The lowest BCUT2D eigenvalue weighted by molar-refractivity contribution is 0.536. The number of allylic oxidation sites excluding steroid dienone is 1. The van der Waals surface area contributed by atoms with Gasteiger partial charge in [-0.3, -0.25) is 0 Å². The Morgan fingerprint density at radius 1 is 1.53 bits per heavy atom. The predicted octanol–water partition coefficient (Wildman–Crippen LogP) is 3.20. The number of hydrogen-bond donors (Lipinski definition) is 0. The Morgan fingerprint density at radius 3 is 2.80 bits per heavy atom. The smallest absolute Gasteiger partial charge is 0.298 e. The Bertz CT molecular complexity index is 353. The largest absolute Gasteiger partial charge is 0.423 e. The summed E-state index contributed by atoms with van der Waals surface area (Å²) in [7, 11) is 1.97. The van der Waals surface area contributed by atoms with Crippen LogP contribution in [0.1, 0.15) is 31.7 Å². The van der Waals surface area contributed by atoms with Crippen LogP contribution in [0.15, 0.2) is 17.1 Å². The predicted molar refractivity (Wildman–Crippen MR) is 64.9 cm³/mol. The summed E-state index contributed by atoms with van der Waals surface area (Å²) in [6, 6.07) is 0.653. The third kappa shape index (κ3) is 2.72. The lowest BCUT2D eigenvalue weighted by atomic mass is 10.3. The molecule has 0 saturated heterocycles. The van der Waals surface area contributed by atoms with E-state index in [2.05, 4.69) is 18.5 Å². The van der Waals surface area contributed by atoms with Gasteiger partial charge in [0.25, 0.3) is 6.01 Å². The molecule has 3 heteroatoms. The average Bonchev–Trinajstić information content (AvgIpc) is 2.62. The second kappa shape index (κ2) is 5.39. The molecule has 0 radical (unpaired) electrons. The van der Waals surface area contributed by atoms with Gasteiger partial charge >= 0.3 is 0 Å². The highest BCUT2D eigenvalue weighted by Gasteiger charge is 2.11. The van der Waals surface area contributed by atoms with E-state index in [-0.39, 0.29) is 0 Å². The first-order chi connectivity index (χ1) is 7.22. The van der Waals surface area contributed by atoms with Crippen LogP contribution < -0.4 is 4.90 Å². The van der Waals surface area contributed by atoms with Gasteiger partial charge in [0.1, 0.15) is 5.69 Å². The molecule has 1 heterocycles. The van der Waals surface area contributed by atoms with Gasteiger partial charge in [0.2, 0.25) is 0 Å². The Hall–Kier alpha value is -1.51. The van der Waals surface area contributed by atoms with Gasteiger partial charge in [-0.15, -0.1) is 0 Å². The number of anilines is 1. The van der Waals surface area contributed by atoms with Crippen molar-refractivity contribution in [1.29, 1.82) is 0 Å². The molecule has 0 bridgehead atoms. The first kappa shape index (κ1) is 11.6. The van der Waals surface area contributed by atoms with E-state index in [0.29, 0.717) is 6.01 Å². The Balaban J connectivity index is 2.96. The average molecular weight is 206 g/mol. The zero-order valence-electron chi connectivity index (χ0n) is 9.66. The number of nitrogens with zero attached hydrogens (tertiary/aromatic N) is 2. The summed E-state index contributed by atoms with van der Waals surface area (Å²) < 4.78 is 5.58. The van der Waals surface area contributed by atoms with Gasteiger partial charge in [-0.05, 0) is 25.5 Å². The topological polar surface area (TPSA) is 29.3 Å². The van der Waals surface area contributed by atoms with Gasteiger partial charge in [0, 0.05) is 13.6 Å². The molecule has 0 saturated carbocycles. The minimum Gasteiger partial charge on any atom is -0.423 e. The molecule has 0 spiro atoms. The van der Waals surface area contributed by atoms with E-state index in [1.54, 1.807) is 6.08 Å². The van der Waals surface area contributed by atoms with Gasteiger partial charge in [-0.25, -0.2) is 0 Å². The molecule has 0 amide bonds. The van der Waals surface area contributed by atoms with Crippen LogP contribution in [-0.4, -0.2) is 18.6 Å². The van der Waals surface area contributed by atoms with Crippen LogP contribution in [0.25, 0.3) is 12.2 Å². The molecule has 82 valence electrons. The van der Waals surface area contributed by atoms with E-state index in [9.17, 15) is 0 Å². The summed E-state index contributed by atoms with van der Waals surface area (Å²) in [5.74, 6) is 0.728. The molecule has 1 aromatic heterocycles. The van der Waals surface area contributed by atoms with Crippen molar-refractivity contribution in [2.45, 2.75) is 20.3 Å². The van der Waals surface area contributed by atoms with E-state index in [0.717, 1.165) is 24.4 Å². The molecule has 0 aliphatic carbocycles. The maximum atomic E-state index is 5.58. The van der Waals surface area contributed by atoms with Crippen molar-refractivity contribution >= 4 is 18.2 Å². The maximum absolute atomic E-state index is 5.58. The van der Waals surface area contributed by atoms with Gasteiger partial charge in [0.15, 0.2) is 5.76 Å². The second-order valence-electron chi connectivity index (χ2n) is 3.37. The minimum atomic E-state index is 0.653. The molecular weight excluding hydrogens is 188 g/mol. The van der Waals surface area contributed by atoms with Gasteiger partial charge in [0.05, 0.1) is 0 Å². The van der Waals surface area contributed by atoms with E-state index in [4.69, 9.17) is 4.42 Å². The Labute approximate surface area is 91.1 Å². The van der Waals surface area contributed by atoms with E-state index >= 15 is 0 Å². The fourth-order valence-electron chi connectivity index (χ4n) is 1.35. The van der Waals surface area contributed by atoms with Crippen molar-refractivity contribution in [2.75, 3.05) is 18.5 Å². The summed E-state index contributed by atoms with van der Waals surface area (Å²) >= 11 is 0. The lowest BCUT2D eigenvalue weighted by Gasteiger charge is -2.11. The van der Waals surface area contributed by atoms with Crippen LogP contribution in [0.5, 0.6) is 0 Å². The normalized spacial score (nSPS) is 10.9. The first-order valence-corrected chi connectivity index (χ1v) is 5.20. The number of oxazole rings is 1. The minimum absolute atomic E-state index is 0.653. The van der Waals surface area contributed by atoms with Crippen molar-refractivity contribution in [3.63, 3.8) is 0 Å². The van der Waals surface area contributed by atoms with Crippen LogP contribution in [0.4, 0.5) is 6.01 Å². The van der Waals surface area contributed by atoms with Crippen LogP contribution in [-0.2, 0) is 0 Å². The third-order valence-electron chi connectivity index (χ3n) is 2.07. The second-order valence-corrected chi connectivity index (χ2v) is 3.37. The molecule has 15 heavy (non-hydrogen) atoms. The van der Waals surface area contributed by atoms with Crippen LogP contribution in [0.3, 0.4) is 0 Å². The van der Waals surface area contributed by atoms with Gasteiger partial charge in [-0.1, -0.05) is 19.6 Å². The third-order valence-corrected chi connectivity index (χ3v) is 2.07. The summed E-state index contributed by atoms with van der Waals surface area (Å²) in [6.45, 7) is 8.72. The molecule has 0 N–H and O–H groups in total. The fraction of sp³-hybridized carbons (Fsp3) is 0.417. The summed E-state index contributed by atoms with van der Waals surface area (Å²) in [5, 5.41) is 0. The SMILES string of the molecule is C=Cc1oc(N(C)CCC)nc1/C=C\C. The van der Waals surface area contributed by atoms with Crippen molar-refractivity contribution in [2.24, 2.45) is 0 Å². The van der Waals surface area contributed by atoms with E-state index in [1.807, 2.05) is 31.0 Å². The highest BCUT2D eigenvalue weighted by Crippen LogP contribution is 2.20. The van der Waals surface area contributed by atoms with Crippen molar-refractivity contribution in [1.82, 2.24) is 4.98 Å². The quantitative estimate of drug-likeness (QED) is 0.741. The number of rotatable bonds is 5. The lowest BCUT2D eigenvalue weighted by Crippen LogP contribution is -2.17. The Kier molecular flexibility index (Phi) is 4.16. The standard InChI is InChI=1S/C12H18N2O/c1-5-8-10-11(7-3)15-12(13-10)14(4)9-6-2/h5,7-8H,3,6,9H2,1-2,4H3/b8-5-.